The van der Waals surface area contributed by atoms with Crippen LogP contribution in [0.15, 0.2) is 60.8 Å². The third-order valence-electron chi connectivity index (χ3n) is 3.38. The summed E-state index contributed by atoms with van der Waals surface area (Å²) < 4.78 is 0. The van der Waals surface area contributed by atoms with E-state index >= 15 is 0 Å². The number of H-pyrrole nitrogens is 1. The quantitative estimate of drug-likeness (QED) is 0.689. The van der Waals surface area contributed by atoms with E-state index in [1.54, 1.807) is 30.5 Å². The summed E-state index contributed by atoms with van der Waals surface area (Å²) in [6, 6.07) is 16.1. The number of hydrogen-bond donors (Lipinski definition) is 3. The molecule has 2 aromatic carbocycles. The van der Waals surface area contributed by atoms with Gasteiger partial charge in [-0.05, 0) is 36.4 Å². The van der Waals surface area contributed by atoms with Gasteiger partial charge in [0.1, 0.15) is 0 Å². The zero-order valence-corrected chi connectivity index (χ0v) is 13.0. The van der Waals surface area contributed by atoms with Gasteiger partial charge >= 0.3 is 0 Å². The molecule has 0 bridgehead atoms. The number of benzene rings is 2. The third kappa shape index (κ3) is 3.67. The molecule has 0 spiro atoms. The van der Waals surface area contributed by atoms with Crippen molar-refractivity contribution in [3.05, 3.63) is 66.4 Å². The lowest BCUT2D eigenvalue weighted by Gasteiger charge is -2.08. The molecule has 0 unspecified atom stereocenters. The summed E-state index contributed by atoms with van der Waals surface area (Å²) in [6.07, 6.45) is 1.67. The number of nitrogens with one attached hydrogen (secondary N) is 3. The fourth-order valence-electron chi connectivity index (χ4n) is 2.33. The monoisotopic (exact) mass is 320 g/mol. The van der Waals surface area contributed by atoms with Crippen LogP contribution in [0.25, 0.3) is 11.3 Å². The van der Waals surface area contributed by atoms with Crippen LogP contribution < -0.4 is 10.6 Å². The van der Waals surface area contributed by atoms with Gasteiger partial charge in [0, 0.05) is 35.6 Å². The van der Waals surface area contributed by atoms with Crippen LogP contribution in [0.3, 0.4) is 0 Å². The molecule has 6 nitrogen and oxygen atoms in total. The molecule has 2 amide bonds. The van der Waals surface area contributed by atoms with Gasteiger partial charge < -0.3 is 10.6 Å². The summed E-state index contributed by atoms with van der Waals surface area (Å²) in [6.45, 7) is 1.42. The maximum Gasteiger partial charge on any atom is 0.255 e. The molecular formula is C18H16N4O2. The number of carbonyl (C=O) groups excluding carboxylic acids is 2. The van der Waals surface area contributed by atoms with Gasteiger partial charge in [0.2, 0.25) is 5.91 Å². The maximum absolute atomic E-state index is 12.4. The highest BCUT2D eigenvalue weighted by Crippen LogP contribution is 2.21. The molecule has 120 valence electrons. The number of aromatic amines is 1. The van der Waals surface area contributed by atoms with Crippen LogP contribution in [0.4, 0.5) is 11.4 Å². The summed E-state index contributed by atoms with van der Waals surface area (Å²) in [4.78, 5) is 23.5. The minimum Gasteiger partial charge on any atom is -0.326 e. The first-order chi connectivity index (χ1) is 11.6. The zero-order chi connectivity index (χ0) is 16.9. The number of aromatic nitrogens is 2. The second kappa shape index (κ2) is 6.78. The number of hydrogen-bond acceptors (Lipinski definition) is 3. The fourth-order valence-corrected chi connectivity index (χ4v) is 2.33. The molecule has 0 radical (unpaired) electrons. The standard InChI is InChI=1S/C18H16N4O2/c1-12(23)20-15-6-3-5-14(11-15)18(24)21-16-7-2-4-13(10-16)17-8-9-19-22-17/h2-11H,1H3,(H,19,22)(H,20,23)(H,21,24). The van der Waals surface area contributed by atoms with Gasteiger partial charge in [0.05, 0.1) is 5.69 Å². The molecule has 3 rings (SSSR count). The van der Waals surface area contributed by atoms with Crippen molar-refractivity contribution in [2.45, 2.75) is 6.92 Å². The molecule has 0 aliphatic carbocycles. The molecule has 0 fully saturated rings. The van der Waals surface area contributed by atoms with Gasteiger partial charge in [-0.25, -0.2) is 0 Å². The molecule has 24 heavy (non-hydrogen) atoms. The van der Waals surface area contributed by atoms with E-state index in [2.05, 4.69) is 20.8 Å². The topological polar surface area (TPSA) is 86.9 Å². The van der Waals surface area contributed by atoms with Crippen LogP contribution in [0.2, 0.25) is 0 Å². The van der Waals surface area contributed by atoms with Crippen molar-refractivity contribution < 1.29 is 9.59 Å². The predicted octanol–water partition coefficient (Wildman–Crippen LogP) is 3.29. The van der Waals surface area contributed by atoms with Crippen LogP contribution in [-0.2, 0) is 4.79 Å². The van der Waals surface area contributed by atoms with Gasteiger partial charge in [0.15, 0.2) is 0 Å². The minimum absolute atomic E-state index is 0.181. The summed E-state index contributed by atoms with van der Waals surface area (Å²) >= 11 is 0. The lowest BCUT2D eigenvalue weighted by molar-refractivity contribution is -0.114. The normalized spacial score (nSPS) is 10.2. The Morgan fingerprint density at radius 3 is 2.42 bits per heavy atom. The van der Waals surface area contributed by atoms with E-state index in [0.29, 0.717) is 16.9 Å². The van der Waals surface area contributed by atoms with Gasteiger partial charge in [-0.15, -0.1) is 0 Å². The second-order valence-corrected chi connectivity index (χ2v) is 5.27. The van der Waals surface area contributed by atoms with Crippen LogP contribution >= 0.6 is 0 Å². The maximum atomic E-state index is 12.4. The molecule has 0 aliphatic heterocycles. The smallest absolute Gasteiger partial charge is 0.255 e. The van der Waals surface area contributed by atoms with Crippen LogP contribution in [-0.4, -0.2) is 22.0 Å². The highest BCUT2D eigenvalue weighted by molar-refractivity contribution is 6.05. The number of anilines is 2. The van der Waals surface area contributed by atoms with E-state index in [1.807, 2.05) is 30.3 Å². The average molecular weight is 320 g/mol. The van der Waals surface area contributed by atoms with Gasteiger partial charge in [-0.3, -0.25) is 14.7 Å². The zero-order valence-electron chi connectivity index (χ0n) is 13.0. The minimum atomic E-state index is -0.246. The highest BCUT2D eigenvalue weighted by atomic mass is 16.2. The van der Waals surface area contributed by atoms with Gasteiger partial charge in [-0.1, -0.05) is 18.2 Å². The summed E-state index contributed by atoms with van der Waals surface area (Å²) in [7, 11) is 0. The molecule has 1 heterocycles. The molecule has 3 aromatic rings. The lowest BCUT2D eigenvalue weighted by atomic mass is 10.1. The first-order valence-corrected chi connectivity index (χ1v) is 7.40. The number of rotatable bonds is 4. The third-order valence-corrected chi connectivity index (χ3v) is 3.38. The Hall–Kier alpha value is -3.41. The van der Waals surface area contributed by atoms with Crippen LogP contribution in [0.5, 0.6) is 0 Å². The van der Waals surface area contributed by atoms with E-state index < -0.39 is 0 Å². The Kier molecular flexibility index (Phi) is 4.38. The molecule has 0 atom stereocenters. The number of carbonyl (C=O) groups is 2. The summed E-state index contributed by atoms with van der Waals surface area (Å²) in [5.74, 6) is -0.427. The van der Waals surface area contributed by atoms with E-state index in [-0.39, 0.29) is 11.8 Å². The molecule has 0 saturated heterocycles. The Morgan fingerprint density at radius 2 is 1.71 bits per heavy atom. The van der Waals surface area contributed by atoms with Crippen molar-refractivity contribution in [2.24, 2.45) is 0 Å². The Labute approximate surface area is 138 Å². The Bertz CT molecular complexity index is 872. The van der Waals surface area contributed by atoms with Crippen molar-refractivity contribution in [2.75, 3.05) is 10.6 Å². The molecule has 6 heteroatoms. The highest BCUT2D eigenvalue weighted by Gasteiger charge is 2.08. The number of nitrogens with zero attached hydrogens (tertiary/aromatic N) is 1. The van der Waals surface area contributed by atoms with E-state index in [4.69, 9.17) is 0 Å². The largest absolute Gasteiger partial charge is 0.326 e. The van der Waals surface area contributed by atoms with E-state index in [0.717, 1.165) is 11.3 Å². The molecule has 3 N–H and O–H groups in total. The van der Waals surface area contributed by atoms with Crippen molar-refractivity contribution in [3.8, 4) is 11.3 Å². The van der Waals surface area contributed by atoms with Crippen LogP contribution in [0, 0.1) is 0 Å². The van der Waals surface area contributed by atoms with Gasteiger partial charge in [-0.2, -0.15) is 5.10 Å². The fraction of sp³-hybridized carbons (Fsp3) is 0.0556. The van der Waals surface area contributed by atoms with Crippen molar-refractivity contribution >= 4 is 23.2 Å². The molecule has 0 saturated carbocycles. The lowest BCUT2D eigenvalue weighted by Crippen LogP contribution is -2.13. The van der Waals surface area contributed by atoms with Crippen LogP contribution in [0.1, 0.15) is 17.3 Å². The van der Waals surface area contributed by atoms with E-state index in [1.165, 1.54) is 6.92 Å². The molecule has 1 aromatic heterocycles. The van der Waals surface area contributed by atoms with Gasteiger partial charge in [0.25, 0.3) is 5.91 Å². The summed E-state index contributed by atoms with van der Waals surface area (Å²) in [5, 5.41) is 12.3. The molecule has 0 aliphatic rings. The first-order valence-electron chi connectivity index (χ1n) is 7.40. The van der Waals surface area contributed by atoms with Crippen molar-refractivity contribution in [1.82, 2.24) is 10.2 Å². The average Bonchev–Trinajstić information content (AvgIpc) is 3.09. The Balaban J connectivity index is 1.78. The Morgan fingerprint density at radius 1 is 0.958 bits per heavy atom. The second-order valence-electron chi connectivity index (χ2n) is 5.27. The van der Waals surface area contributed by atoms with Crippen molar-refractivity contribution in [1.29, 1.82) is 0 Å². The first kappa shape index (κ1) is 15.5. The number of amides is 2. The SMILES string of the molecule is CC(=O)Nc1cccc(C(=O)Nc2cccc(-c3ccn[nH]3)c2)c1. The van der Waals surface area contributed by atoms with E-state index in [9.17, 15) is 9.59 Å². The predicted molar refractivity (Wildman–Crippen MR) is 92.7 cm³/mol. The summed E-state index contributed by atoms with van der Waals surface area (Å²) in [5.41, 5.74) is 3.53. The molecular weight excluding hydrogens is 304 g/mol. The van der Waals surface area contributed by atoms with Crippen molar-refractivity contribution in [3.63, 3.8) is 0 Å².